The summed E-state index contributed by atoms with van der Waals surface area (Å²) in [5.41, 5.74) is 3.26. The molecule has 28 heavy (non-hydrogen) atoms. The predicted molar refractivity (Wildman–Crippen MR) is 110 cm³/mol. The lowest BCUT2D eigenvalue weighted by molar-refractivity contribution is 0.0534. The van der Waals surface area contributed by atoms with Gasteiger partial charge in [0.2, 0.25) is 0 Å². The molecule has 0 bridgehead atoms. The van der Waals surface area contributed by atoms with Crippen molar-refractivity contribution >= 4 is 11.9 Å². The van der Waals surface area contributed by atoms with E-state index in [-0.39, 0.29) is 25.2 Å². The lowest BCUT2D eigenvalue weighted by Gasteiger charge is -2.06. The quantitative estimate of drug-likeness (QED) is 0.435. The van der Waals surface area contributed by atoms with E-state index in [1.54, 1.807) is 24.3 Å². The number of hydrogen-bond donors (Lipinski definition) is 0. The Bertz CT molecular complexity index is 820. The number of allylic oxidation sites excluding steroid dienone is 2. The van der Waals surface area contributed by atoms with Crippen LogP contribution in [0.4, 0.5) is 0 Å². The molecule has 2 rings (SSSR count). The number of rotatable bonds is 9. The number of carbonyl (C=O) groups excluding carboxylic acids is 2. The maximum Gasteiger partial charge on any atom is 0.338 e. The largest absolute Gasteiger partial charge is 0.458 e. The summed E-state index contributed by atoms with van der Waals surface area (Å²) in [5, 5.41) is 0. The molecule has 4 nitrogen and oxygen atoms in total. The van der Waals surface area contributed by atoms with Crippen LogP contribution in [0.3, 0.4) is 0 Å². The fourth-order valence-corrected chi connectivity index (χ4v) is 2.46. The van der Waals surface area contributed by atoms with Crippen LogP contribution in [-0.4, -0.2) is 25.2 Å². The molecule has 0 aliphatic carbocycles. The Morgan fingerprint density at radius 1 is 0.750 bits per heavy atom. The Kier molecular flexibility index (Phi) is 8.73. The molecule has 0 saturated heterocycles. The van der Waals surface area contributed by atoms with E-state index < -0.39 is 0 Å². The van der Waals surface area contributed by atoms with Crippen molar-refractivity contribution in [1.82, 2.24) is 0 Å². The van der Waals surface area contributed by atoms with Gasteiger partial charge in [-0.3, -0.25) is 0 Å². The van der Waals surface area contributed by atoms with Gasteiger partial charge in [-0.1, -0.05) is 48.0 Å². The molecule has 0 N–H and O–H groups in total. The van der Waals surface area contributed by atoms with Gasteiger partial charge in [0, 0.05) is 0 Å². The summed E-state index contributed by atoms with van der Waals surface area (Å²) >= 11 is 0. The Morgan fingerprint density at radius 2 is 1.29 bits per heavy atom. The predicted octanol–water partition coefficient (Wildman–Crippen LogP) is 5.37. The van der Waals surface area contributed by atoms with Crippen LogP contribution in [0, 0.1) is 0 Å². The minimum atomic E-state index is -0.319. The molecule has 0 heterocycles. The smallest absolute Gasteiger partial charge is 0.338 e. The molecule has 0 spiro atoms. The molecule has 0 radical (unpaired) electrons. The van der Waals surface area contributed by atoms with Gasteiger partial charge < -0.3 is 9.47 Å². The second kappa shape index (κ2) is 11.5. The SMILES string of the molecule is CC(=CCC/C(C)=C/COC(=O)c1ccccc1)COC(=O)c1ccccc1. The van der Waals surface area contributed by atoms with Gasteiger partial charge >= 0.3 is 11.9 Å². The molecule has 2 aromatic carbocycles. The molecular formula is C24H26O4. The van der Waals surface area contributed by atoms with Crippen LogP contribution >= 0.6 is 0 Å². The van der Waals surface area contributed by atoms with Gasteiger partial charge in [0.05, 0.1) is 11.1 Å². The number of esters is 2. The first-order chi connectivity index (χ1) is 13.6. The van der Waals surface area contributed by atoms with Crippen molar-refractivity contribution in [2.45, 2.75) is 26.7 Å². The molecule has 0 saturated carbocycles. The van der Waals surface area contributed by atoms with Crippen molar-refractivity contribution < 1.29 is 19.1 Å². The van der Waals surface area contributed by atoms with Crippen LogP contribution in [-0.2, 0) is 9.47 Å². The Balaban J connectivity index is 1.67. The second-order valence-corrected chi connectivity index (χ2v) is 6.55. The van der Waals surface area contributed by atoms with E-state index >= 15 is 0 Å². The highest BCUT2D eigenvalue weighted by molar-refractivity contribution is 5.89. The zero-order valence-corrected chi connectivity index (χ0v) is 16.4. The van der Waals surface area contributed by atoms with Gasteiger partial charge in [0.25, 0.3) is 0 Å². The standard InChI is InChI=1S/C24H26O4/c1-19(16-17-27-23(25)21-12-5-3-6-13-21)10-9-11-20(2)18-28-24(26)22-14-7-4-8-15-22/h3-8,11-16H,9-10,17-18H2,1-2H3/b19-16+,20-11?. The molecule has 0 aliphatic heterocycles. The fraction of sp³-hybridized carbons (Fsp3) is 0.250. The van der Waals surface area contributed by atoms with Gasteiger partial charge in [-0.2, -0.15) is 0 Å². The third-order valence-electron chi connectivity index (χ3n) is 4.13. The Labute approximate surface area is 166 Å². The summed E-state index contributed by atoms with van der Waals surface area (Å²) in [6, 6.07) is 17.9. The summed E-state index contributed by atoms with van der Waals surface area (Å²) in [6.07, 6.45) is 5.67. The van der Waals surface area contributed by atoms with Gasteiger partial charge in [-0.05, 0) is 62.6 Å². The molecule has 0 fully saturated rings. The number of benzene rings is 2. The molecule has 0 unspecified atom stereocenters. The van der Waals surface area contributed by atoms with E-state index in [4.69, 9.17) is 9.47 Å². The van der Waals surface area contributed by atoms with E-state index in [1.807, 2.05) is 56.3 Å². The highest BCUT2D eigenvalue weighted by Crippen LogP contribution is 2.09. The van der Waals surface area contributed by atoms with Crippen LogP contribution in [0.15, 0.2) is 84.0 Å². The maximum absolute atomic E-state index is 11.9. The van der Waals surface area contributed by atoms with E-state index in [9.17, 15) is 9.59 Å². The molecule has 4 heteroatoms. The summed E-state index contributed by atoms with van der Waals surface area (Å²) in [5.74, 6) is -0.634. The minimum Gasteiger partial charge on any atom is -0.458 e. The average Bonchev–Trinajstić information content (AvgIpc) is 2.73. The van der Waals surface area contributed by atoms with Gasteiger partial charge in [-0.15, -0.1) is 0 Å². The molecule has 0 aromatic heterocycles. The van der Waals surface area contributed by atoms with E-state index in [0.717, 1.165) is 24.0 Å². The van der Waals surface area contributed by atoms with Crippen LogP contribution in [0.5, 0.6) is 0 Å². The van der Waals surface area contributed by atoms with E-state index in [2.05, 4.69) is 6.08 Å². The van der Waals surface area contributed by atoms with Crippen molar-refractivity contribution in [1.29, 1.82) is 0 Å². The minimum absolute atomic E-state index is 0.261. The number of ether oxygens (including phenoxy) is 2. The summed E-state index contributed by atoms with van der Waals surface area (Å²) in [6.45, 7) is 4.50. The van der Waals surface area contributed by atoms with Crippen molar-refractivity contribution in [3.8, 4) is 0 Å². The Hall–Kier alpha value is -3.14. The normalized spacial score (nSPS) is 11.8. The van der Waals surface area contributed by atoms with Crippen molar-refractivity contribution in [2.75, 3.05) is 13.2 Å². The third kappa shape index (κ3) is 7.62. The highest BCUT2D eigenvalue weighted by atomic mass is 16.5. The molecule has 0 aliphatic rings. The number of hydrogen-bond acceptors (Lipinski definition) is 4. The lowest BCUT2D eigenvalue weighted by Crippen LogP contribution is -2.06. The third-order valence-corrected chi connectivity index (χ3v) is 4.13. The molecular weight excluding hydrogens is 352 g/mol. The molecule has 2 aromatic rings. The summed E-state index contributed by atoms with van der Waals surface area (Å²) < 4.78 is 10.5. The fourth-order valence-electron chi connectivity index (χ4n) is 2.46. The zero-order chi connectivity index (χ0) is 20.2. The van der Waals surface area contributed by atoms with Crippen LogP contribution < -0.4 is 0 Å². The van der Waals surface area contributed by atoms with E-state index in [0.29, 0.717) is 11.1 Å². The Morgan fingerprint density at radius 3 is 1.86 bits per heavy atom. The lowest BCUT2D eigenvalue weighted by atomic mass is 10.1. The maximum atomic E-state index is 11.9. The van der Waals surface area contributed by atoms with Crippen molar-refractivity contribution in [2.24, 2.45) is 0 Å². The van der Waals surface area contributed by atoms with Crippen molar-refractivity contribution in [3.05, 3.63) is 95.1 Å². The average molecular weight is 378 g/mol. The number of carbonyl (C=O) groups is 2. The summed E-state index contributed by atoms with van der Waals surface area (Å²) in [4.78, 5) is 23.8. The molecule has 146 valence electrons. The first-order valence-corrected chi connectivity index (χ1v) is 9.32. The zero-order valence-electron chi connectivity index (χ0n) is 16.4. The topological polar surface area (TPSA) is 52.6 Å². The summed E-state index contributed by atoms with van der Waals surface area (Å²) in [7, 11) is 0. The van der Waals surface area contributed by atoms with Gasteiger partial charge in [0.1, 0.15) is 13.2 Å². The highest BCUT2D eigenvalue weighted by Gasteiger charge is 2.06. The monoisotopic (exact) mass is 378 g/mol. The van der Waals surface area contributed by atoms with E-state index in [1.165, 1.54) is 0 Å². The van der Waals surface area contributed by atoms with Crippen molar-refractivity contribution in [3.63, 3.8) is 0 Å². The van der Waals surface area contributed by atoms with Crippen LogP contribution in [0.1, 0.15) is 47.4 Å². The molecule has 0 atom stereocenters. The van der Waals surface area contributed by atoms with Gasteiger partial charge in [0.15, 0.2) is 0 Å². The first kappa shape index (κ1) is 21.2. The van der Waals surface area contributed by atoms with Gasteiger partial charge in [-0.25, -0.2) is 9.59 Å². The molecule has 0 amide bonds. The second-order valence-electron chi connectivity index (χ2n) is 6.55. The van der Waals surface area contributed by atoms with Crippen LogP contribution in [0.25, 0.3) is 0 Å². The first-order valence-electron chi connectivity index (χ1n) is 9.32. The van der Waals surface area contributed by atoms with Crippen LogP contribution in [0.2, 0.25) is 0 Å².